The molecule has 0 spiro atoms. The number of aliphatic hydroxyl groups is 1. The third-order valence-corrected chi connectivity index (χ3v) is 6.02. The first-order valence-electron chi connectivity index (χ1n) is 9.40. The second-order valence-corrected chi connectivity index (χ2v) is 7.85. The van der Waals surface area contributed by atoms with E-state index in [1.165, 1.54) is 83.7 Å². The maximum atomic E-state index is 9.48. The Morgan fingerprint density at radius 1 is 0.952 bits per heavy atom. The zero-order valence-corrected chi connectivity index (χ0v) is 13.7. The maximum absolute atomic E-state index is 9.48. The summed E-state index contributed by atoms with van der Waals surface area (Å²) in [7, 11) is 0. The van der Waals surface area contributed by atoms with Crippen LogP contribution in [0, 0.1) is 5.41 Å². The van der Waals surface area contributed by atoms with Gasteiger partial charge in [0.1, 0.15) is 0 Å². The summed E-state index contributed by atoms with van der Waals surface area (Å²) >= 11 is 0. The molecule has 3 aliphatic carbocycles. The molecule has 122 valence electrons. The minimum Gasteiger partial charge on any atom is -0.395 e. The van der Waals surface area contributed by atoms with Crippen LogP contribution >= 0.6 is 0 Å². The van der Waals surface area contributed by atoms with Gasteiger partial charge in [-0.15, -0.1) is 0 Å². The van der Waals surface area contributed by atoms with Crippen molar-refractivity contribution in [3.05, 3.63) is 0 Å². The lowest BCUT2D eigenvalue weighted by Gasteiger charge is -2.43. The summed E-state index contributed by atoms with van der Waals surface area (Å²) in [5, 5.41) is 13.3. The van der Waals surface area contributed by atoms with E-state index in [4.69, 9.17) is 0 Å². The van der Waals surface area contributed by atoms with Crippen molar-refractivity contribution in [1.82, 2.24) is 10.2 Å². The molecule has 3 heteroatoms. The van der Waals surface area contributed by atoms with Gasteiger partial charge in [0.25, 0.3) is 0 Å². The highest BCUT2D eigenvalue weighted by atomic mass is 16.3. The van der Waals surface area contributed by atoms with E-state index in [2.05, 4.69) is 10.2 Å². The van der Waals surface area contributed by atoms with Crippen molar-refractivity contribution in [3.63, 3.8) is 0 Å². The number of nitrogens with zero attached hydrogens (tertiary/aromatic N) is 1. The van der Waals surface area contributed by atoms with Crippen LogP contribution in [0.4, 0.5) is 0 Å². The van der Waals surface area contributed by atoms with Crippen molar-refractivity contribution in [3.8, 4) is 0 Å². The molecule has 0 heterocycles. The van der Waals surface area contributed by atoms with Gasteiger partial charge < -0.3 is 10.4 Å². The number of aliphatic hydroxyl groups excluding tert-OH is 1. The van der Waals surface area contributed by atoms with Crippen molar-refractivity contribution in [2.24, 2.45) is 5.41 Å². The summed E-state index contributed by atoms with van der Waals surface area (Å²) in [6.45, 7) is 3.64. The summed E-state index contributed by atoms with van der Waals surface area (Å²) in [6, 6.07) is 1.57. The average Bonchev–Trinajstić information content (AvgIpc) is 3.18. The molecule has 3 saturated carbocycles. The highest BCUT2D eigenvalue weighted by Gasteiger charge is 2.37. The lowest BCUT2D eigenvalue weighted by atomic mass is 9.73. The largest absolute Gasteiger partial charge is 0.395 e. The van der Waals surface area contributed by atoms with Gasteiger partial charge in [0, 0.05) is 31.7 Å². The molecule has 0 aromatic carbocycles. The van der Waals surface area contributed by atoms with E-state index >= 15 is 0 Å². The third kappa shape index (κ3) is 4.43. The van der Waals surface area contributed by atoms with E-state index in [9.17, 15) is 5.11 Å². The molecule has 3 nitrogen and oxygen atoms in total. The zero-order chi connectivity index (χ0) is 14.5. The molecule has 3 rings (SSSR count). The fourth-order valence-corrected chi connectivity index (χ4v) is 4.56. The van der Waals surface area contributed by atoms with Crippen molar-refractivity contribution in [1.29, 1.82) is 0 Å². The van der Waals surface area contributed by atoms with Gasteiger partial charge >= 0.3 is 0 Å². The lowest BCUT2D eigenvalue weighted by molar-refractivity contribution is 0.0620. The Morgan fingerprint density at radius 3 is 2.29 bits per heavy atom. The normalized spacial score (nSPS) is 26.6. The van der Waals surface area contributed by atoms with Crippen molar-refractivity contribution < 1.29 is 5.11 Å². The van der Waals surface area contributed by atoms with E-state index in [1.54, 1.807) is 0 Å². The molecule has 3 aliphatic rings. The third-order valence-electron chi connectivity index (χ3n) is 6.02. The summed E-state index contributed by atoms with van der Waals surface area (Å²) < 4.78 is 0. The number of hydrogen-bond acceptors (Lipinski definition) is 3. The lowest BCUT2D eigenvalue weighted by Crippen LogP contribution is -2.49. The molecule has 2 N–H and O–H groups in total. The topological polar surface area (TPSA) is 35.5 Å². The molecular formula is C18H34N2O. The van der Waals surface area contributed by atoms with Crippen LogP contribution in [0.25, 0.3) is 0 Å². The Morgan fingerprint density at radius 2 is 1.67 bits per heavy atom. The number of hydrogen-bond donors (Lipinski definition) is 2. The minimum absolute atomic E-state index is 0.322. The molecular weight excluding hydrogens is 260 g/mol. The first-order chi connectivity index (χ1) is 10.3. The van der Waals surface area contributed by atoms with Crippen LogP contribution in [0.2, 0.25) is 0 Å². The van der Waals surface area contributed by atoms with Crippen LogP contribution < -0.4 is 5.32 Å². The second-order valence-electron chi connectivity index (χ2n) is 7.85. The smallest absolute Gasteiger partial charge is 0.0558 e. The fraction of sp³-hybridized carbons (Fsp3) is 1.00. The predicted octanol–water partition coefficient (Wildman–Crippen LogP) is 2.93. The molecule has 0 atom stereocenters. The Balaban J connectivity index is 1.61. The summed E-state index contributed by atoms with van der Waals surface area (Å²) in [5.41, 5.74) is 0.485. The summed E-state index contributed by atoms with van der Waals surface area (Å²) in [5.74, 6) is 0. The van der Waals surface area contributed by atoms with E-state index in [0.29, 0.717) is 12.0 Å². The Labute approximate surface area is 130 Å². The van der Waals surface area contributed by atoms with Crippen LogP contribution in [-0.4, -0.2) is 48.3 Å². The van der Waals surface area contributed by atoms with Gasteiger partial charge in [-0.3, -0.25) is 4.90 Å². The Kier molecular flexibility index (Phi) is 5.58. The molecule has 3 fully saturated rings. The number of nitrogens with one attached hydrogen (secondary N) is 1. The van der Waals surface area contributed by atoms with Crippen LogP contribution in [-0.2, 0) is 0 Å². The SMILES string of the molecule is OCCN(CC1(CNC2CC2)CCCCC1)C1CCCC1. The molecule has 0 aliphatic heterocycles. The van der Waals surface area contributed by atoms with Crippen molar-refractivity contribution in [2.75, 3.05) is 26.2 Å². The Bertz CT molecular complexity index is 304. The van der Waals surface area contributed by atoms with Gasteiger partial charge in [0.05, 0.1) is 6.61 Å². The molecule has 21 heavy (non-hydrogen) atoms. The van der Waals surface area contributed by atoms with E-state index < -0.39 is 0 Å². The molecule has 0 bridgehead atoms. The van der Waals surface area contributed by atoms with E-state index in [-0.39, 0.29) is 0 Å². The maximum Gasteiger partial charge on any atom is 0.0558 e. The fourth-order valence-electron chi connectivity index (χ4n) is 4.56. The Hall–Kier alpha value is -0.120. The van der Waals surface area contributed by atoms with Gasteiger partial charge in [-0.05, 0) is 43.9 Å². The molecule has 0 radical (unpaired) electrons. The van der Waals surface area contributed by atoms with Crippen molar-refractivity contribution >= 4 is 0 Å². The van der Waals surface area contributed by atoms with Gasteiger partial charge in [-0.1, -0.05) is 32.1 Å². The van der Waals surface area contributed by atoms with Gasteiger partial charge in [-0.25, -0.2) is 0 Å². The average molecular weight is 294 g/mol. The molecule has 0 saturated heterocycles. The highest BCUT2D eigenvalue weighted by molar-refractivity contribution is 4.93. The van der Waals surface area contributed by atoms with Crippen LogP contribution in [0.5, 0.6) is 0 Å². The second kappa shape index (κ2) is 7.43. The summed E-state index contributed by atoms with van der Waals surface area (Å²) in [6.07, 6.45) is 15.3. The first-order valence-corrected chi connectivity index (χ1v) is 9.40. The van der Waals surface area contributed by atoms with Gasteiger partial charge in [-0.2, -0.15) is 0 Å². The van der Waals surface area contributed by atoms with Gasteiger partial charge in [0.15, 0.2) is 0 Å². The monoisotopic (exact) mass is 294 g/mol. The standard InChI is InChI=1S/C18H34N2O/c21-13-12-20(17-6-2-3-7-17)15-18(10-4-1-5-11-18)14-19-16-8-9-16/h16-17,19,21H,1-15H2. The molecule has 0 aromatic heterocycles. The van der Waals surface area contributed by atoms with E-state index in [1.807, 2.05) is 0 Å². The van der Waals surface area contributed by atoms with Crippen LogP contribution in [0.3, 0.4) is 0 Å². The molecule has 0 aromatic rings. The molecule has 0 amide bonds. The van der Waals surface area contributed by atoms with Crippen LogP contribution in [0.1, 0.15) is 70.6 Å². The van der Waals surface area contributed by atoms with E-state index in [0.717, 1.165) is 18.6 Å². The minimum atomic E-state index is 0.322. The zero-order valence-electron chi connectivity index (χ0n) is 13.7. The predicted molar refractivity (Wildman–Crippen MR) is 87.5 cm³/mol. The first kappa shape index (κ1) is 15.8. The summed E-state index contributed by atoms with van der Waals surface area (Å²) in [4.78, 5) is 2.65. The molecule has 0 unspecified atom stereocenters. The quantitative estimate of drug-likeness (QED) is 0.722. The van der Waals surface area contributed by atoms with Crippen LogP contribution in [0.15, 0.2) is 0 Å². The number of rotatable bonds is 8. The van der Waals surface area contributed by atoms with Gasteiger partial charge in [0.2, 0.25) is 0 Å². The van der Waals surface area contributed by atoms with Crippen molar-refractivity contribution in [2.45, 2.75) is 82.7 Å². The highest BCUT2D eigenvalue weighted by Crippen LogP contribution is 2.39.